The number of hydrogen-bond donors (Lipinski definition) is 0. The third-order valence-electron chi connectivity index (χ3n) is 2.82. The molecule has 5 heteroatoms. The van der Waals surface area contributed by atoms with E-state index in [0.717, 1.165) is 5.56 Å². The maximum absolute atomic E-state index is 13.0. The van der Waals surface area contributed by atoms with E-state index in [1.165, 1.54) is 24.3 Å². The highest BCUT2D eigenvalue weighted by atomic mass is 32.2. The molecule has 0 saturated carbocycles. The Morgan fingerprint density at radius 2 is 1.76 bits per heavy atom. The Hall–Kier alpha value is -1.75. The summed E-state index contributed by atoms with van der Waals surface area (Å²) < 4.78 is 43.0. The van der Waals surface area contributed by atoms with Crippen molar-refractivity contribution < 1.29 is 17.7 Å². The Bertz CT molecular complexity index is 599. The first-order valence-electron chi connectivity index (χ1n) is 6.61. The second-order valence-electron chi connectivity index (χ2n) is 4.57. The Kier molecular flexibility index (Phi) is 5.87. The van der Waals surface area contributed by atoms with Crippen LogP contribution in [0.25, 0.3) is 0 Å². The van der Waals surface area contributed by atoms with Gasteiger partial charge in [-0.1, -0.05) is 12.1 Å². The van der Waals surface area contributed by atoms with Crippen molar-refractivity contribution in [1.29, 1.82) is 0 Å². The fraction of sp³-hybridized carbons (Fsp3) is 0.250. The maximum atomic E-state index is 13.0. The van der Waals surface area contributed by atoms with E-state index in [1.807, 2.05) is 0 Å². The molecule has 0 amide bonds. The Morgan fingerprint density at radius 1 is 1.00 bits per heavy atom. The summed E-state index contributed by atoms with van der Waals surface area (Å²) in [6.07, 6.45) is 0.624. The van der Waals surface area contributed by atoms with Gasteiger partial charge in [0.2, 0.25) is 0 Å². The molecule has 2 aromatic carbocycles. The van der Waals surface area contributed by atoms with Gasteiger partial charge in [0, 0.05) is 22.3 Å². The maximum Gasteiger partial charge on any atom is 0.123 e. The summed E-state index contributed by atoms with van der Waals surface area (Å²) in [6, 6.07) is 11.9. The molecule has 0 N–H and O–H groups in total. The van der Waals surface area contributed by atoms with Gasteiger partial charge in [-0.05, 0) is 48.4 Å². The van der Waals surface area contributed by atoms with Gasteiger partial charge >= 0.3 is 0 Å². The second-order valence-corrected chi connectivity index (χ2v) is 6.15. The van der Waals surface area contributed by atoms with Crippen molar-refractivity contribution in [1.82, 2.24) is 0 Å². The van der Waals surface area contributed by atoms with Gasteiger partial charge in [-0.2, -0.15) is 0 Å². The third-order valence-corrected chi connectivity index (χ3v) is 4.21. The normalized spacial score (nSPS) is 12.1. The number of benzene rings is 2. The molecule has 2 nitrogen and oxygen atoms in total. The second kappa shape index (κ2) is 7.88. The van der Waals surface area contributed by atoms with Crippen molar-refractivity contribution in [2.24, 2.45) is 0 Å². The van der Waals surface area contributed by atoms with Crippen molar-refractivity contribution in [3.05, 3.63) is 65.7 Å². The third kappa shape index (κ3) is 5.63. The minimum Gasteiger partial charge on any atom is -0.494 e. The minimum absolute atomic E-state index is 0.307. The average molecular weight is 310 g/mol. The van der Waals surface area contributed by atoms with Crippen molar-refractivity contribution in [3.63, 3.8) is 0 Å². The van der Waals surface area contributed by atoms with Crippen LogP contribution in [0.2, 0.25) is 0 Å². The van der Waals surface area contributed by atoms with Crippen molar-refractivity contribution in [3.8, 4) is 5.75 Å². The fourth-order valence-corrected chi connectivity index (χ4v) is 2.96. The molecule has 21 heavy (non-hydrogen) atoms. The number of halogens is 2. The molecular weight excluding hydrogens is 294 g/mol. The van der Waals surface area contributed by atoms with Crippen LogP contribution in [0.15, 0.2) is 48.5 Å². The average Bonchev–Trinajstić information content (AvgIpc) is 2.45. The van der Waals surface area contributed by atoms with Crippen molar-refractivity contribution in [2.45, 2.75) is 12.2 Å². The van der Waals surface area contributed by atoms with Crippen LogP contribution < -0.4 is 4.74 Å². The Labute approximate surface area is 125 Å². The molecule has 0 saturated heterocycles. The molecule has 0 aromatic heterocycles. The largest absolute Gasteiger partial charge is 0.494 e. The molecule has 0 unspecified atom stereocenters. The fourth-order valence-electron chi connectivity index (χ4n) is 1.83. The molecule has 112 valence electrons. The lowest BCUT2D eigenvalue weighted by Crippen LogP contribution is -2.06. The van der Waals surface area contributed by atoms with E-state index in [2.05, 4.69) is 0 Å². The molecule has 0 aliphatic carbocycles. The van der Waals surface area contributed by atoms with Gasteiger partial charge in [0.05, 0.1) is 6.61 Å². The number of hydrogen-bond acceptors (Lipinski definition) is 2. The molecule has 2 aromatic rings. The predicted molar refractivity (Wildman–Crippen MR) is 79.6 cm³/mol. The van der Waals surface area contributed by atoms with Gasteiger partial charge in [-0.25, -0.2) is 8.78 Å². The lowest BCUT2D eigenvalue weighted by atomic mass is 10.2. The molecule has 1 atom stereocenters. The van der Waals surface area contributed by atoms with Crippen molar-refractivity contribution in [2.75, 3.05) is 12.4 Å². The van der Waals surface area contributed by atoms with E-state index >= 15 is 0 Å². The van der Waals surface area contributed by atoms with Crippen molar-refractivity contribution >= 4 is 10.8 Å². The zero-order valence-corrected chi connectivity index (χ0v) is 12.2. The molecule has 2 rings (SSSR count). The molecular formula is C16H16F2O2S. The van der Waals surface area contributed by atoms with Crippen LogP contribution in [0.3, 0.4) is 0 Å². The van der Waals surface area contributed by atoms with E-state index in [0.29, 0.717) is 30.3 Å². The van der Waals surface area contributed by atoms with Gasteiger partial charge in [0.15, 0.2) is 0 Å². The monoisotopic (exact) mass is 310 g/mol. The highest BCUT2D eigenvalue weighted by molar-refractivity contribution is 7.84. The lowest BCUT2D eigenvalue weighted by Gasteiger charge is -2.06. The smallest absolute Gasteiger partial charge is 0.123 e. The molecule has 0 aliphatic heterocycles. The Morgan fingerprint density at radius 3 is 2.48 bits per heavy atom. The first kappa shape index (κ1) is 15.6. The van der Waals surface area contributed by atoms with Gasteiger partial charge in [0.1, 0.15) is 17.4 Å². The molecule has 0 aliphatic rings. The van der Waals surface area contributed by atoms with E-state index in [-0.39, 0.29) is 11.6 Å². The summed E-state index contributed by atoms with van der Waals surface area (Å²) >= 11 is 0. The lowest BCUT2D eigenvalue weighted by molar-refractivity contribution is 0.318. The van der Waals surface area contributed by atoms with E-state index in [4.69, 9.17) is 4.74 Å². The number of ether oxygens (including phenoxy) is 1. The van der Waals surface area contributed by atoms with Gasteiger partial charge in [-0.3, -0.25) is 4.21 Å². The Balaban J connectivity index is 1.68. The van der Waals surface area contributed by atoms with E-state index < -0.39 is 10.8 Å². The van der Waals surface area contributed by atoms with Crippen LogP contribution in [0, 0.1) is 11.6 Å². The molecule has 0 heterocycles. The summed E-state index contributed by atoms with van der Waals surface area (Å²) in [4.78, 5) is 0. The standard InChI is InChI=1S/C16H16F2O2S/c17-14-5-7-16(8-6-14)20-9-2-10-21(19)12-13-3-1-4-15(18)11-13/h1,3-8,11H,2,9-10,12H2/t21-/m0/s1. The topological polar surface area (TPSA) is 26.3 Å². The SMILES string of the molecule is O=[S@@](CCCOc1ccc(F)cc1)Cc1cccc(F)c1. The quantitative estimate of drug-likeness (QED) is 0.729. The van der Waals surface area contributed by atoms with Gasteiger partial charge in [-0.15, -0.1) is 0 Å². The summed E-state index contributed by atoms with van der Waals surface area (Å²) in [7, 11) is -1.05. The summed E-state index contributed by atoms with van der Waals surface area (Å²) in [5, 5.41) is 0. The van der Waals surface area contributed by atoms with Crippen LogP contribution in [-0.2, 0) is 16.6 Å². The molecule has 0 fully saturated rings. The molecule has 0 spiro atoms. The first-order chi connectivity index (χ1) is 10.1. The molecule has 0 bridgehead atoms. The highest BCUT2D eigenvalue weighted by Crippen LogP contribution is 2.11. The summed E-state index contributed by atoms with van der Waals surface area (Å²) in [5.74, 6) is 0.793. The number of rotatable bonds is 7. The van der Waals surface area contributed by atoms with Gasteiger partial charge < -0.3 is 4.74 Å². The highest BCUT2D eigenvalue weighted by Gasteiger charge is 2.03. The first-order valence-corrected chi connectivity index (χ1v) is 8.10. The summed E-state index contributed by atoms with van der Waals surface area (Å²) in [5.41, 5.74) is 0.729. The van der Waals surface area contributed by atoms with Crippen LogP contribution in [-0.4, -0.2) is 16.6 Å². The predicted octanol–water partition coefficient (Wildman–Crippen LogP) is 3.68. The van der Waals surface area contributed by atoms with E-state index in [1.54, 1.807) is 24.3 Å². The minimum atomic E-state index is -1.05. The van der Waals surface area contributed by atoms with Crippen LogP contribution in [0.1, 0.15) is 12.0 Å². The summed E-state index contributed by atoms with van der Waals surface area (Å²) in [6.45, 7) is 0.417. The van der Waals surface area contributed by atoms with Crippen LogP contribution in [0.4, 0.5) is 8.78 Å². The van der Waals surface area contributed by atoms with Gasteiger partial charge in [0.25, 0.3) is 0 Å². The zero-order chi connectivity index (χ0) is 15.1. The molecule has 0 radical (unpaired) electrons. The van der Waals surface area contributed by atoms with Crippen LogP contribution >= 0.6 is 0 Å². The van der Waals surface area contributed by atoms with Crippen LogP contribution in [0.5, 0.6) is 5.75 Å². The zero-order valence-electron chi connectivity index (χ0n) is 11.4. The van der Waals surface area contributed by atoms with E-state index in [9.17, 15) is 13.0 Å².